The first-order chi connectivity index (χ1) is 18.4. The minimum atomic E-state index is -0.467. The summed E-state index contributed by atoms with van der Waals surface area (Å²) in [5, 5.41) is 9.69. The van der Waals surface area contributed by atoms with Gasteiger partial charge in [-0.1, -0.05) is 48.0 Å². The van der Waals surface area contributed by atoms with E-state index in [1.54, 1.807) is 17.9 Å². The molecule has 190 valence electrons. The van der Waals surface area contributed by atoms with Gasteiger partial charge in [0.1, 0.15) is 11.4 Å². The van der Waals surface area contributed by atoms with Crippen LogP contribution in [0.3, 0.4) is 0 Å². The highest BCUT2D eigenvalue weighted by molar-refractivity contribution is 7.12. The Balaban J connectivity index is 1.66. The second-order valence-corrected chi connectivity index (χ2v) is 9.53. The van der Waals surface area contributed by atoms with Gasteiger partial charge in [0.25, 0.3) is 5.91 Å². The molecule has 2 aromatic heterocycles. The molecule has 1 amide bonds. The third kappa shape index (κ3) is 5.07. The molecule has 0 unspecified atom stereocenters. The predicted molar refractivity (Wildman–Crippen MR) is 149 cm³/mol. The van der Waals surface area contributed by atoms with E-state index in [1.165, 1.54) is 18.3 Å². The number of methoxy groups -OCH3 is 1. The average molecular weight is 524 g/mol. The number of anilines is 1. The number of hydrogen-bond acceptors (Lipinski definition) is 6. The summed E-state index contributed by atoms with van der Waals surface area (Å²) < 4.78 is 13.1. The summed E-state index contributed by atoms with van der Waals surface area (Å²) >= 11 is 1.38. The SMILES string of the molecule is COc1ccccc1-c1nn(-c2ccc(C)cc2)c(OC(C)=O)c1-c1ccc(NC(=O)c2cccs2)cc1. The quantitative estimate of drug-likeness (QED) is 0.238. The van der Waals surface area contributed by atoms with Crippen molar-refractivity contribution in [1.82, 2.24) is 9.78 Å². The number of aryl methyl sites for hydroxylation is 1. The highest BCUT2D eigenvalue weighted by Crippen LogP contribution is 2.43. The minimum absolute atomic E-state index is 0.171. The Hall–Kier alpha value is -4.69. The number of amides is 1. The number of para-hydroxylation sites is 1. The van der Waals surface area contributed by atoms with E-state index in [-0.39, 0.29) is 11.8 Å². The molecule has 5 aromatic rings. The first-order valence-electron chi connectivity index (χ1n) is 11.9. The average Bonchev–Trinajstić information content (AvgIpc) is 3.58. The number of hydrogen-bond donors (Lipinski definition) is 1. The van der Waals surface area contributed by atoms with Gasteiger partial charge in [0, 0.05) is 18.2 Å². The van der Waals surface area contributed by atoms with Crippen LogP contribution < -0.4 is 14.8 Å². The van der Waals surface area contributed by atoms with Gasteiger partial charge >= 0.3 is 5.97 Å². The molecular formula is C30H25N3O4S. The van der Waals surface area contributed by atoms with E-state index in [4.69, 9.17) is 14.6 Å². The number of aromatic nitrogens is 2. The Labute approximate surface area is 224 Å². The molecule has 5 rings (SSSR count). The summed E-state index contributed by atoms with van der Waals surface area (Å²) in [7, 11) is 1.60. The number of nitrogens with zero attached hydrogens (tertiary/aromatic N) is 2. The van der Waals surface area contributed by atoms with Gasteiger partial charge in [-0.3, -0.25) is 9.59 Å². The molecular weight excluding hydrogens is 498 g/mol. The molecule has 0 saturated heterocycles. The largest absolute Gasteiger partial charge is 0.496 e. The molecule has 0 aliphatic heterocycles. The van der Waals surface area contributed by atoms with Crippen LogP contribution in [0.15, 0.2) is 90.3 Å². The van der Waals surface area contributed by atoms with Crippen molar-refractivity contribution in [2.24, 2.45) is 0 Å². The third-order valence-corrected chi connectivity index (χ3v) is 6.77. The van der Waals surface area contributed by atoms with E-state index in [0.717, 1.165) is 22.4 Å². The van der Waals surface area contributed by atoms with Crippen molar-refractivity contribution in [1.29, 1.82) is 0 Å². The van der Waals surface area contributed by atoms with Crippen LogP contribution in [-0.4, -0.2) is 28.8 Å². The van der Waals surface area contributed by atoms with E-state index >= 15 is 0 Å². The van der Waals surface area contributed by atoms with E-state index < -0.39 is 5.97 Å². The number of thiophene rings is 1. The van der Waals surface area contributed by atoms with Crippen LogP contribution in [0.1, 0.15) is 22.2 Å². The lowest BCUT2D eigenvalue weighted by molar-refractivity contribution is -0.132. The van der Waals surface area contributed by atoms with E-state index in [2.05, 4.69) is 5.32 Å². The van der Waals surface area contributed by atoms with Crippen molar-refractivity contribution in [2.75, 3.05) is 12.4 Å². The van der Waals surface area contributed by atoms with Crippen LogP contribution in [-0.2, 0) is 4.79 Å². The molecule has 0 atom stereocenters. The van der Waals surface area contributed by atoms with Gasteiger partial charge in [-0.25, -0.2) is 0 Å². The van der Waals surface area contributed by atoms with Gasteiger partial charge in [0.05, 0.1) is 23.2 Å². The van der Waals surface area contributed by atoms with Crippen LogP contribution in [0, 0.1) is 6.92 Å². The maximum absolute atomic E-state index is 12.5. The van der Waals surface area contributed by atoms with Crippen LogP contribution in [0.25, 0.3) is 28.1 Å². The molecule has 0 radical (unpaired) electrons. The van der Waals surface area contributed by atoms with E-state index in [0.29, 0.717) is 27.6 Å². The summed E-state index contributed by atoms with van der Waals surface area (Å²) in [6.45, 7) is 3.37. The van der Waals surface area contributed by atoms with Crippen LogP contribution in [0.4, 0.5) is 5.69 Å². The molecule has 0 aliphatic rings. The molecule has 3 aromatic carbocycles. The second kappa shape index (κ2) is 10.7. The Morgan fingerprint density at radius 2 is 1.66 bits per heavy atom. The summed E-state index contributed by atoms with van der Waals surface area (Å²) in [4.78, 5) is 25.4. The molecule has 8 heteroatoms. The van der Waals surface area contributed by atoms with E-state index in [1.807, 2.05) is 91.2 Å². The minimum Gasteiger partial charge on any atom is -0.496 e. The third-order valence-electron chi connectivity index (χ3n) is 5.90. The first kappa shape index (κ1) is 25.0. The van der Waals surface area contributed by atoms with Crippen molar-refractivity contribution in [3.63, 3.8) is 0 Å². The molecule has 38 heavy (non-hydrogen) atoms. The molecule has 0 saturated carbocycles. The number of nitrogens with one attached hydrogen (secondary N) is 1. The number of ether oxygens (including phenoxy) is 2. The maximum Gasteiger partial charge on any atom is 0.309 e. The first-order valence-corrected chi connectivity index (χ1v) is 12.8. The number of benzene rings is 3. The fourth-order valence-electron chi connectivity index (χ4n) is 4.10. The lowest BCUT2D eigenvalue weighted by atomic mass is 10.00. The number of carbonyl (C=O) groups is 2. The fraction of sp³-hybridized carbons (Fsp3) is 0.100. The Kier molecular flexibility index (Phi) is 7.06. The second-order valence-electron chi connectivity index (χ2n) is 8.58. The zero-order valence-electron chi connectivity index (χ0n) is 21.1. The van der Waals surface area contributed by atoms with E-state index in [9.17, 15) is 9.59 Å². The molecule has 1 N–H and O–H groups in total. The number of esters is 1. The molecule has 0 aliphatic carbocycles. The summed E-state index contributed by atoms with van der Waals surface area (Å²) in [5.41, 5.74) is 5.21. The van der Waals surface area contributed by atoms with Gasteiger partial charge < -0.3 is 14.8 Å². The molecule has 0 spiro atoms. The van der Waals surface area contributed by atoms with Gasteiger partial charge in [0.15, 0.2) is 0 Å². The maximum atomic E-state index is 12.5. The van der Waals surface area contributed by atoms with Crippen LogP contribution in [0.2, 0.25) is 0 Å². The van der Waals surface area contributed by atoms with Crippen LogP contribution in [0.5, 0.6) is 11.6 Å². The normalized spacial score (nSPS) is 10.7. The molecule has 7 nitrogen and oxygen atoms in total. The zero-order valence-corrected chi connectivity index (χ0v) is 21.9. The Bertz CT molecular complexity index is 1590. The number of rotatable bonds is 7. The highest BCUT2D eigenvalue weighted by Gasteiger charge is 2.26. The zero-order chi connectivity index (χ0) is 26.6. The van der Waals surface area contributed by atoms with Gasteiger partial charge in [-0.15, -0.1) is 11.3 Å². The fourth-order valence-corrected chi connectivity index (χ4v) is 4.72. The highest BCUT2D eigenvalue weighted by atomic mass is 32.1. The van der Waals surface area contributed by atoms with Gasteiger partial charge in [-0.05, 0) is 60.3 Å². The smallest absolute Gasteiger partial charge is 0.309 e. The van der Waals surface area contributed by atoms with Crippen molar-refractivity contribution < 1.29 is 19.1 Å². The van der Waals surface area contributed by atoms with Crippen molar-refractivity contribution >= 4 is 28.9 Å². The predicted octanol–water partition coefficient (Wildman–Crippen LogP) is 6.76. The topological polar surface area (TPSA) is 82.4 Å². The standard InChI is InChI=1S/C30H25N3O4S/c1-19-10-16-23(17-11-19)33-30(37-20(2)34)27(28(32-33)24-7-4-5-8-25(24)36-3)21-12-14-22(15-13-21)31-29(35)26-9-6-18-38-26/h4-18H,1-3H3,(H,31,35). The van der Waals surface area contributed by atoms with Crippen molar-refractivity contribution in [2.45, 2.75) is 13.8 Å². The number of carbonyl (C=O) groups excluding carboxylic acids is 2. The molecule has 0 fully saturated rings. The van der Waals surface area contributed by atoms with Gasteiger partial charge in [-0.2, -0.15) is 9.78 Å². The summed E-state index contributed by atoms with van der Waals surface area (Å²) in [5.74, 6) is 0.287. The summed E-state index contributed by atoms with van der Waals surface area (Å²) in [6, 6.07) is 26.3. The monoisotopic (exact) mass is 523 g/mol. The van der Waals surface area contributed by atoms with Crippen molar-refractivity contribution in [3.8, 4) is 39.7 Å². The Morgan fingerprint density at radius 1 is 0.921 bits per heavy atom. The lowest BCUT2D eigenvalue weighted by Crippen LogP contribution is -2.10. The van der Waals surface area contributed by atoms with Gasteiger partial charge in [0.2, 0.25) is 5.88 Å². The van der Waals surface area contributed by atoms with Crippen LogP contribution >= 0.6 is 11.3 Å². The Morgan fingerprint density at radius 3 is 2.32 bits per heavy atom. The molecule has 2 heterocycles. The van der Waals surface area contributed by atoms with Crippen molar-refractivity contribution in [3.05, 3.63) is 101 Å². The molecule has 0 bridgehead atoms. The summed E-state index contributed by atoms with van der Waals surface area (Å²) in [6.07, 6.45) is 0. The lowest BCUT2D eigenvalue weighted by Gasteiger charge is -2.11.